The van der Waals surface area contributed by atoms with Crippen LogP contribution in [0.3, 0.4) is 0 Å². The van der Waals surface area contributed by atoms with Crippen molar-refractivity contribution in [3.63, 3.8) is 0 Å². The highest BCUT2D eigenvalue weighted by Crippen LogP contribution is 2.18. The van der Waals surface area contributed by atoms with Gasteiger partial charge in [-0.3, -0.25) is 0 Å². The molecular formula is C16H26BrN. The number of benzene rings is 1. The molecule has 102 valence electrons. The van der Waals surface area contributed by atoms with Gasteiger partial charge in [0.05, 0.1) is 0 Å². The third kappa shape index (κ3) is 6.44. The second kappa shape index (κ2) is 9.43. The number of rotatable bonds is 9. The SMILES string of the molecule is CCCCCCCC(CC)Nc1ccc(Br)cc1. The maximum absolute atomic E-state index is 3.63. The Bertz CT molecular complexity index is 307. The average Bonchev–Trinajstić information content (AvgIpc) is 2.39. The van der Waals surface area contributed by atoms with Crippen LogP contribution in [0.15, 0.2) is 28.7 Å². The van der Waals surface area contributed by atoms with Crippen LogP contribution in [-0.2, 0) is 0 Å². The van der Waals surface area contributed by atoms with Gasteiger partial charge in [-0.05, 0) is 37.1 Å². The van der Waals surface area contributed by atoms with Crippen molar-refractivity contribution < 1.29 is 0 Å². The lowest BCUT2D eigenvalue weighted by Crippen LogP contribution is -2.18. The van der Waals surface area contributed by atoms with Crippen molar-refractivity contribution in [3.8, 4) is 0 Å². The van der Waals surface area contributed by atoms with Gasteiger partial charge in [0.2, 0.25) is 0 Å². The second-order valence-corrected chi connectivity index (χ2v) is 5.87. The lowest BCUT2D eigenvalue weighted by atomic mass is 10.0. The summed E-state index contributed by atoms with van der Waals surface area (Å²) in [4.78, 5) is 0. The van der Waals surface area contributed by atoms with Crippen LogP contribution >= 0.6 is 15.9 Å². The zero-order valence-corrected chi connectivity index (χ0v) is 13.3. The molecule has 0 heterocycles. The van der Waals surface area contributed by atoms with E-state index in [1.54, 1.807) is 0 Å². The van der Waals surface area contributed by atoms with E-state index in [-0.39, 0.29) is 0 Å². The summed E-state index contributed by atoms with van der Waals surface area (Å²) in [6, 6.07) is 9.09. The molecule has 0 fully saturated rings. The summed E-state index contributed by atoms with van der Waals surface area (Å²) in [5.74, 6) is 0. The Morgan fingerprint density at radius 1 is 1.00 bits per heavy atom. The largest absolute Gasteiger partial charge is 0.382 e. The molecule has 0 aliphatic rings. The van der Waals surface area contributed by atoms with Crippen LogP contribution in [0, 0.1) is 0 Å². The Balaban J connectivity index is 2.26. The molecule has 0 spiro atoms. The van der Waals surface area contributed by atoms with Gasteiger partial charge in [0.25, 0.3) is 0 Å². The lowest BCUT2D eigenvalue weighted by Gasteiger charge is -2.18. The number of unbranched alkanes of at least 4 members (excludes halogenated alkanes) is 4. The van der Waals surface area contributed by atoms with Gasteiger partial charge in [-0.25, -0.2) is 0 Å². The van der Waals surface area contributed by atoms with E-state index in [2.05, 4.69) is 59.4 Å². The quantitative estimate of drug-likeness (QED) is 0.551. The van der Waals surface area contributed by atoms with E-state index in [1.807, 2.05) is 0 Å². The molecule has 0 aliphatic carbocycles. The Morgan fingerprint density at radius 3 is 2.28 bits per heavy atom. The summed E-state index contributed by atoms with van der Waals surface area (Å²) in [5, 5.41) is 3.63. The third-order valence-electron chi connectivity index (χ3n) is 3.36. The molecule has 1 nitrogen and oxygen atoms in total. The van der Waals surface area contributed by atoms with Crippen LogP contribution < -0.4 is 5.32 Å². The maximum atomic E-state index is 3.63. The van der Waals surface area contributed by atoms with Crippen molar-refractivity contribution in [1.82, 2.24) is 0 Å². The zero-order valence-electron chi connectivity index (χ0n) is 11.7. The van der Waals surface area contributed by atoms with Crippen LogP contribution in [-0.4, -0.2) is 6.04 Å². The Labute approximate surface area is 120 Å². The average molecular weight is 312 g/mol. The van der Waals surface area contributed by atoms with E-state index in [4.69, 9.17) is 0 Å². The number of hydrogen-bond acceptors (Lipinski definition) is 1. The van der Waals surface area contributed by atoms with Gasteiger partial charge >= 0.3 is 0 Å². The fraction of sp³-hybridized carbons (Fsp3) is 0.625. The van der Waals surface area contributed by atoms with E-state index in [9.17, 15) is 0 Å². The van der Waals surface area contributed by atoms with E-state index >= 15 is 0 Å². The van der Waals surface area contributed by atoms with Crippen LogP contribution in [0.25, 0.3) is 0 Å². The normalized spacial score (nSPS) is 12.4. The van der Waals surface area contributed by atoms with Crippen LogP contribution in [0.5, 0.6) is 0 Å². The number of nitrogens with one attached hydrogen (secondary N) is 1. The predicted molar refractivity (Wildman–Crippen MR) is 85.2 cm³/mol. The molecule has 0 radical (unpaired) electrons. The van der Waals surface area contributed by atoms with Gasteiger partial charge in [-0.15, -0.1) is 0 Å². The summed E-state index contributed by atoms with van der Waals surface area (Å²) >= 11 is 3.47. The molecule has 1 atom stereocenters. The summed E-state index contributed by atoms with van der Waals surface area (Å²) in [6.45, 7) is 4.53. The van der Waals surface area contributed by atoms with E-state index in [0.29, 0.717) is 6.04 Å². The fourth-order valence-corrected chi connectivity index (χ4v) is 2.42. The standard InChI is InChI=1S/C16H26BrN/c1-3-5-6-7-8-9-15(4-2)18-16-12-10-14(17)11-13-16/h10-13,15,18H,3-9H2,1-2H3. The van der Waals surface area contributed by atoms with Crippen molar-refractivity contribution in [2.75, 3.05) is 5.32 Å². The molecule has 0 bridgehead atoms. The summed E-state index contributed by atoms with van der Waals surface area (Å²) in [7, 11) is 0. The first-order chi connectivity index (χ1) is 8.76. The molecule has 0 aromatic heterocycles. The number of anilines is 1. The first kappa shape index (κ1) is 15.6. The van der Waals surface area contributed by atoms with Gasteiger partial charge in [-0.2, -0.15) is 0 Å². The topological polar surface area (TPSA) is 12.0 Å². The summed E-state index contributed by atoms with van der Waals surface area (Å²) in [5.41, 5.74) is 1.23. The van der Waals surface area contributed by atoms with Crippen molar-refractivity contribution >= 4 is 21.6 Å². The molecule has 1 aromatic carbocycles. The van der Waals surface area contributed by atoms with Gasteiger partial charge in [0.1, 0.15) is 0 Å². The predicted octanol–water partition coefficient (Wildman–Crippen LogP) is 6.00. The Hall–Kier alpha value is -0.500. The monoisotopic (exact) mass is 311 g/mol. The highest BCUT2D eigenvalue weighted by Gasteiger charge is 2.05. The third-order valence-corrected chi connectivity index (χ3v) is 3.89. The number of hydrogen-bond donors (Lipinski definition) is 1. The number of halogens is 1. The molecule has 0 saturated carbocycles. The first-order valence-electron chi connectivity index (χ1n) is 7.28. The minimum Gasteiger partial charge on any atom is -0.382 e. The maximum Gasteiger partial charge on any atom is 0.0343 e. The van der Waals surface area contributed by atoms with E-state index < -0.39 is 0 Å². The summed E-state index contributed by atoms with van der Waals surface area (Å²) in [6.07, 6.45) is 9.32. The minimum atomic E-state index is 0.618. The smallest absolute Gasteiger partial charge is 0.0343 e. The highest BCUT2D eigenvalue weighted by atomic mass is 79.9. The molecule has 0 saturated heterocycles. The van der Waals surface area contributed by atoms with Crippen molar-refractivity contribution in [3.05, 3.63) is 28.7 Å². The molecule has 18 heavy (non-hydrogen) atoms. The minimum absolute atomic E-state index is 0.618. The molecular weight excluding hydrogens is 286 g/mol. The van der Waals surface area contributed by atoms with E-state index in [0.717, 1.165) is 4.47 Å². The highest BCUT2D eigenvalue weighted by molar-refractivity contribution is 9.10. The molecule has 0 aliphatic heterocycles. The molecule has 0 amide bonds. The molecule has 1 unspecified atom stereocenters. The second-order valence-electron chi connectivity index (χ2n) is 4.96. The Morgan fingerprint density at radius 2 is 1.67 bits per heavy atom. The van der Waals surface area contributed by atoms with Gasteiger partial charge < -0.3 is 5.32 Å². The zero-order chi connectivity index (χ0) is 13.2. The van der Waals surface area contributed by atoms with Crippen molar-refractivity contribution in [2.24, 2.45) is 0 Å². The van der Waals surface area contributed by atoms with E-state index in [1.165, 1.54) is 50.6 Å². The molecule has 1 rings (SSSR count). The first-order valence-corrected chi connectivity index (χ1v) is 8.07. The van der Waals surface area contributed by atoms with Gasteiger partial charge in [-0.1, -0.05) is 61.9 Å². The lowest BCUT2D eigenvalue weighted by molar-refractivity contribution is 0.551. The van der Waals surface area contributed by atoms with Crippen LogP contribution in [0.1, 0.15) is 58.8 Å². The van der Waals surface area contributed by atoms with Crippen LogP contribution in [0.2, 0.25) is 0 Å². The van der Waals surface area contributed by atoms with Crippen molar-refractivity contribution in [1.29, 1.82) is 0 Å². The van der Waals surface area contributed by atoms with Gasteiger partial charge in [0.15, 0.2) is 0 Å². The van der Waals surface area contributed by atoms with Crippen LogP contribution in [0.4, 0.5) is 5.69 Å². The van der Waals surface area contributed by atoms with Gasteiger partial charge in [0, 0.05) is 16.2 Å². The molecule has 1 N–H and O–H groups in total. The summed E-state index contributed by atoms with van der Waals surface area (Å²) < 4.78 is 1.14. The molecule has 1 aromatic rings. The molecule has 2 heteroatoms. The Kier molecular flexibility index (Phi) is 8.15. The van der Waals surface area contributed by atoms with Crippen molar-refractivity contribution in [2.45, 2.75) is 64.8 Å². The fourth-order valence-electron chi connectivity index (χ4n) is 2.15.